The summed E-state index contributed by atoms with van der Waals surface area (Å²) in [6, 6.07) is 3.00. The molecule has 1 fully saturated rings. The summed E-state index contributed by atoms with van der Waals surface area (Å²) in [6.45, 7) is 0. The molecular weight excluding hydrogens is 178 g/mol. The Balaban J connectivity index is 1.77. The Hall–Kier alpha value is -0.340. The van der Waals surface area contributed by atoms with Crippen LogP contribution in [0.25, 0.3) is 0 Å². The van der Waals surface area contributed by atoms with Crippen LogP contribution in [0.5, 0.6) is 0 Å². The van der Waals surface area contributed by atoms with Crippen LogP contribution in [0.3, 0.4) is 0 Å². The van der Waals surface area contributed by atoms with Gasteiger partial charge in [-0.15, -0.1) is 0 Å². The van der Waals surface area contributed by atoms with Gasteiger partial charge in [0.1, 0.15) is 0 Å². The van der Waals surface area contributed by atoms with Gasteiger partial charge in [-0.1, -0.05) is 0 Å². The first kappa shape index (κ1) is 9.22. The Morgan fingerprint density at radius 3 is 3.00 bits per heavy atom. The van der Waals surface area contributed by atoms with Crippen molar-refractivity contribution in [3.8, 4) is 0 Å². The van der Waals surface area contributed by atoms with Crippen molar-refractivity contribution >= 4 is 11.3 Å². The molecule has 1 aromatic heterocycles. The Morgan fingerprint density at radius 2 is 2.46 bits per heavy atom. The Kier molecular flexibility index (Phi) is 3.01. The van der Waals surface area contributed by atoms with Crippen molar-refractivity contribution in [3.05, 3.63) is 22.4 Å². The quantitative estimate of drug-likeness (QED) is 0.761. The fraction of sp³-hybridized carbons (Fsp3) is 0.636. The van der Waals surface area contributed by atoms with Crippen molar-refractivity contribution in [2.45, 2.75) is 31.7 Å². The molecule has 0 amide bonds. The number of aryl methyl sites for hydroxylation is 1. The lowest BCUT2D eigenvalue weighted by Crippen LogP contribution is -2.27. The van der Waals surface area contributed by atoms with Crippen molar-refractivity contribution in [2.75, 3.05) is 7.05 Å². The van der Waals surface area contributed by atoms with Gasteiger partial charge in [0.15, 0.2) is 0 Å². The standard InChI is InChI=1S/C11H17NS/c1-12-11(10-3-4-10)5-2-9-6-7-13-8-9/h6-8,10-12H,2-5H2,1H3. The second kappa shape index (κ2) is 4.25. The highest BCUT2D eigenvalue weighted by Gasteiger charge is 2.29. The maximum Gasteiger partial charge on any atom is 0.00955 e. The van der Waals surface area contributed by atoms with Crippen molar-refractivity contribution in [3.63, 3.8) is 0 Å². The lowest BCUT2D eigenvalue weighted by molar-refractivity contribution is 0.470. The minimum atomic E-state index is 0.764. The zero-order valence-corrected chi connectivity index (χ0v) is 8.94. The van der Waals surface area contributed by atoms with E-state index in [-0.39, 0.29) is 0 Å². The zero-order valence-electron chi connectivity index (χ0n) is 8.12. The van der Waals surface area contributed by atoms with Crippen LogP contribution in [-0.4, -0.2) is 13.1 Å². The fourth-order valence-corrected chi connectivity index (χ4v) is 2.57. The third-order valence-corrected chi connectivity index (χ3v) is 3.62. The van der Waals surface area contributed by atoms with Crippen LogP contribution in [0.15, 0.2) is 16.8 Å². The van der Waals surface area contributed by atoms with Crippen LogP contribution in [0, 0.1) is 5.92 Å². The molecule has 1 aliphatic carbocycles. The van der Waals surface area contributed by atoms with Gasteiger partial charge in [-0.05, 0) is 61.0 Å². The van der Waals surface area contributed by atoms with E-state index in [0.717, 1.165) is 12.0 Å². The fourth-order valence-electron chi connectivity index (χ4n) is 1.87. The number of hydrogen-bond acceptors (Lipinski definition) is 2. The summed E-state index contributed by atoms with van der Waals surface area (Å²) >= 11 is 1.80. The van der Waals surface area contributed by atoms with Crippen LogP contribution < -0.4 is 5.32 Å². The highest BCUT2D eigenvalue weighted by Crippen LogP contribution is 2.34. The lowest BCUT2D eigenvalue weighted by Gasteiger charge is -2.14. The van der Waals surface area contributed by atoms with Gasteiger partial charge >= 0.3 is 0 Å². The Morgan fingerprint density at radius 1 is 1.62 bits per heavy atom. The van der Waals surface area contributed by atoms with Crippen LogP contribution >= 0.6 is 11.3 Å². The first-order valence-electron chi connectivity index (χ1n) is 5.08. The van der Waals surface area contributed by atoms with E-state index in [9.17, 15) is 0 Å². The summed E-state index contributed by atoms with van der Waals surface area (Å²) in [5.74, 6) is 0.976. The predicted molar refractivity (Wildman–Crippen MR) is 58.2 cm³/mol. The molecular formula is C11H17NS. The minimum Gasteiger partial charge on any atom is -0.317 e. The van der Waals surface area contributed by atoms with Crippen molar-refractivity contribution in [1.82, 2.24) is 5.32 Å². The Bertz CT molecular complexity index is 239. The van der Waals surface area contributed by atoms with Gasteiger partial charge in [-0.3, -0.25) is 0 Å². The number of rotatable bonds is 5. The van der Waals surface area contributed by atoms with E-state index < -0.39 is 0 Å². The van der Waals surface area contributed by atoms with E-state index in [2.05, 4.69) is 29.2 Å². The molecule has 0 radical (unpaired) electrons. The van der Waals surface area contributed by atoms with E-state index in [1.54, 1.807) is 11.3 Å². The molecule has 1 aliphatic rings. The van der Waals surface area contributed by atoms with E-state index in [1.165, 1.54) is 31.2 Å². The summed E-state index contributed by atoms with van der Waals surface area (Å²) in [6.07, 6.45) is 5.42. The lowest BCUT2D eigenvalue weighted by atomic mass is 10.0. The van der Waals surface area contributed by atoms with Crippen molar-refractivity contribution in [2.24, 2.45) is 5.92 Å². The predicted octanol–water partition coefficient (Wildman–Crippen LogP) is 2.68. The smallest absolute Gasteiger partial charge is 0.00955 e. The molecule has 1 nitrogen and oxygen atoms in total. The molecule has 1 unspecified atom stereocenters. The molecule has 1 atom stereocenters. The molecule has 1 heterocycles. The molecule has 1 aromatic rings. The number of hydrogen-bond donors (Lipinski definition) is 1. The molecule has 1 N–H and O–H groups in total. The van der Waals surface area contributed by atoms with Gasteiger partial charge in [-0.2, -0.15) is 11.3 Å². The van der Waals surface area contributed by atoms with Gasteiger partial charge in [-0.25, -0.2) is 0 Å². The van der Waals surface area contributed by atoms with Crippen LogP contribution in [0.1, 0.15) is 24.8 Å². The summed E-state index contributed by atoms with van der Waals surface area (Å²) in [5, 5.41) is 7.86. The highest BCUT2D eigenvalue weighted by molar-refractivity contribution is 7.07. The topological polar surface area (TPSA) is 12.0 Å². The summed E-state index contributed by atoms with van der Waals surface area (Å²) in [5.41, 5.74) is 1.51. The van der Waals surface area contributed by atoms with Gasteiger partial charge in [0.2, 0.25) is 0 Å². The average Bonchev–Trinajstić information content (AvgIpc) is 2.84. The molecule has 0 aromatic carbocycles. The molecule has 0 aliphatic heterocycles. The molecule has 72 valence electrons. The molecule has 0 saturated heterocycles. The molecule has 2 rings (SSSR count). The first-order valence-corrected chi connectivity index (χ1v) is 6.03. The summed E-state index contributed by atoms with van der Waals surface area (Å²) < 4.78 is 0. The van der Waals surface area contributed by atoms with E-state index in [0.29, 0.717) is 0 Å². The third kappa shape index (κ3) is 2.55. The van der Waals surface area contributed by atoms with Crippen LogP contribution in [-0.2, 0) is 6.42 Å². The second-order valence-electron chi connectivity index (χ2n) is 3.90. The zero-order chi connectivity index (χ0) is 9.10. The van der Waals surface area contributed by atoms with Gasteiger partial charge < -0.3 is 5.32 Å². The van der Waals surface area contributed by atoms with E-state index in [1.807, 2.05) is 0 Å². The number of thiophene rings is 1. The summed E-state index contributed by atoms with van der Waals surface area (Å²) in [7, 11) is 2.09. The van der Waals surface area contributed by atoms with E-state index >= 15 is 0 Å². The van der Waals surface area contributed by atoms with Crippen LogP contribution in [0.4, 0.5) is 0 Å². The van der Waals surface area contributed by atoms with Crippen molar-refractivity contribution in [1.29, 1.82) is 0 Å². The monoisotopic (exact) mass is 195 g/mol. The highest BCUT2D eigenvalue weighted by atomic mass is 32.1. The van der Waals surface area contributed by atoms with Gasteiger partial charge in [0.05, 0.1) is 0 Å². The molecule has 1 saturated carbocycles. The molecule has 13 heavy (non-hydrogen) atoms. The Labute approximate surface area is 84.2 Å². The minimum absolute atomic E-state index is 0.764. The molecule has 0 spiro atoms. The van der Waals surface area contributed by atoms with E-state index in [4.69, 9.17) is 0 Å². The second-order valence-corrected chi connectivity index (χ2v) is 4.68. The average molecular weight is 195 g/mol. The van der Waals surface area contributed by atoms with Crippen LogP contribution in [0.2, 0.25) is 0 Å². The maximum absolute atomic E-state index is 3.43. The van der Waals surface area contributed by atoms with Gasteiger partial charge in [0, 0.05) is 6.04 Å². The third-order valence-electron chi connectivity index (χ3n) is 2.89. The van der Waals surface area contributed by atoms with Crippen molar-refractivity contribution < 1.29 is 0 Å². The molecule has 0 bridgehead atoms. The largest absolute Gasteiger partial charge is 0.317 e. The SMILES string of the molecule is CNC(CCc1ccsc1)C1CC1. The maximum atomic E-state index is 3.43. The van der Waals surface area contributed by atoms with Gasteiger partial charge in [0.25, 0.3) is 0 Å². The molecule has 2 heteroatoms. The summed E-state index contributed by atoms with van der Waals surface area (Å²) in [4.78, 5) is 0. The number of nitrogens with one attached hydrogen (secondary N) is 1. The first-order chi connectivity index (χ1) is 6.40. The normalized spacial score (nSPS) is 18.8.